The first-order chi connectivity index (χ1) is 11.4. The summed E-state index contributed by atoms with van der Waals surface area (Å²) in [6, 6.07) is 15.5. The zero-order valence-electron chi connectivity index (χ0n) is 15.3. The molecule has 2 aromatic carbocycles. The summed E-state index contributed by atoms with van der Waals surface area (Å²) in [5.41, 5.74) is 11.1. The largest absolute Gasteiger partial charge is 0.318 e. The highest BCUT2D eigenvalue weighted by molar-refractivity contribution is 5.81. The summed E-state index contributed by atoms with van der Waals surface area (Å²) in [6.45, 7) is 9.44. The number of piperidine rings is 1. The lowest BCUT2D eigenvalue weighted by Gasteiger charge is -2.53. The van der Waals surface area contributed by atoms with Gasteiger partial charge in [0.15, 0.2) is 0 Å². The van der Waals surface area contributed by atoms with E-state index in [0.29, 0.717) is 0 Å². The minimum Gasteiger partial charge on any atom is -0.318 e. The van der Waals surface area contributed by atoms with Gasteiger partial charge >= 0.3 is 0 Å². The van der Waals surface area contributed by atoms with Gasteiger partial charge < -0.3 is 5.43 Å². The number of nitrogens with one attached hydrogen (secondary N) is 1. The van der Waals surface area contributed by atoms with Crippen LogP contribution < -0.4 is 5.43 Å². The van der Waals surface area contributed by atoms with E-state index in [1.807, 2.05) is 0 Å². The number of fused-ring (bicyclic) bond motifs is 3. The Morgan fingerprint density at radius 1 is 0.833 bits per heavy atom. The molecule has 0 aromatic heterocycles. The van der Waals surface area contributed by atoms with Gasteiger partial charge in [-0.3, -0.25) is 0 Å². The van der Waals surface area contributed by atoms with Crippen LogP contribution >= 0.6 is 0 Å². The standard InChI is InChI=1S/C22H28N2/c1-21(2)13-8-14-22(3,4)24(21)23-20-12-7-11-18-17-10-6-5-9-16(17)15-19(18)20/h5-7,9-12,23H,8,13-15H2,1-4H3. The minimum atomic E-state index is 0.163. The SMILES string of the molecule is CC1(C)CCCC(C)(C)N1Nc1cccc2c1Cc1ccccc1-2. The molecule has 126 valence electrons. The van der Waals surface area contributed by atoms with Crippen molar-refractivity contribution >= 4 is 5.69 Å². The third-order valence-corrected chi connectivity index (χ3v) is 5.87. The van der Waals surface area contributed by atoms with Gasteiger partial charge in [0.2, 0.25) is 0 Å². The Kier molecular flexibility index (Phi) is 3.50. The van der Waals surface area contributed by atoms with E-state index >= 15 is 0 Å². The van der Waals surface area contributed by atoms with Gasteiger partial charge in [-0.25, -0.2) is 5.01 Å². The van der Waals surface area contributed by atoms with E-state index in [2.05, 4.69) is 80.6 Å². The van der Waals surface area contributed by atoms with Crippen molar-refractivity contribution in [3.05, 3.63) is 53.6 Å². The minimum absolute atomic E-state index is 0.163. The van der Waals surface area contributed by atoms with E-state index in [1.165, 1.54) is 47.2 Å². The first-order valence-corrected chi connectivity index (χ1v) is 9.16. The van der Waals surface area contributed by atoms with Gasteiger partial charge in [-0.15, -0.1) is 0 Å². The second-order valence-electron chi connectivity index (χ2n) is 8.59. The number of hydrogen-bond acceptors (Lipinski definition) is 2. The monoisotopic (exact) mass is 320 g/mol. The number of nitrogens with zero attached hydrogens (tertiary/aromatic N) is 1. The molecule has 0 amide bonds. The van der Waals surface area contributed by atoms with Crippen molar-refractivity contribution in [3.8, 4) is 11.1 Å². The molecule has 1 aliphatic carbocycles. The zero-order valence-corrected chi connectivity index (χ0v) is 15.3. The van der Waals surface area contributed by atoms with Gasteiger partial charge in [-0.2, -0.15) is 0 Å². The Morgan fingerprint density at radius 2 is 1.50 bits per heavy atom. The van der Waals surface area contributed by atoms with Gasteiger partial charge in [0, 0.05) is 17.5 Å². The molecule has 0 atom stereocenters. The number of anilines is 1. The second-order valence-corrected chi connectivity index (χ2v) is 8.59. The normalized spacial score (nSPS) is 21.2. The van der Waals surface area contributed by atoms with Crippen LogP contribution in [0.5, 0.6) is 0 Å². The van der Waals surface area contributed by atoms with Crippen molar-refractivity contribution in [2.75, 3.05) is 5.43 Å². The summed E-state index contributed by atoms with van der Waals surface area (Å²) in [5, 5.41) is 2.50. The molecule has 1 N–H and O–H groups in total. The molecule has 1 aliphatic heterocycles. The molecule has 4 rings (SSSR count). The third kappa shape index (κ3) is 2.44. The Balaban J connectivity index is 1.72. The molecule has 1 heterocycles. The van der Waals surface area contributed by atoms with Crippen LogP contribution in [0.25, 0.3) is 11.1 Å². The lowest BCUT2D eigenvalue weighted by molar-refractivity contribution is -0.00319. The van der Waals surface area contributed by atoms with Gasteiger partial charge in [-0.05, 0) is 75.3 Å². The zero-order chi connectivity index (χ0) is 16.9. The fourth-order valence-electron chi connectivity index (χ4n) is 4.68. The Hall–Kier alpha value is -1.80. The molecule has 0 spiro atoms. The predicted molar refractivity (Wildman–Crippen MR) is 102 cm³/mol. The summed E-state index contributed by atoms with van der Waals surface area (Å²) in [6.07, 6.45) is 4.80. The van der Waals surface area contributed by atoms with Gasteiger partial charge in [0.25, 0.3) is 0 Å². The summed E-state index contributed by atoms with van der Waals surface area (Å²) < 4.78 is 0. The first kappa shape index (κ1) is 15.7. The molecule has 2 heteroatoms. The average Bonchev–Trinajstić information content (AvgIpc) is 2.90. The maximum Gasteiger partial charge on any atom is 0.0532 e. The van der Waals surface area contributed by atoms with Crippen LogP contribution in [0.3, 0.4) is 0 Å². The highest BCUT2D eigenvalue weighted by Crippen LogP contribution is 2.43. The predicted octanol–water partition coefficient (Wildman–Crippen LogP) is 5.63. The molecule has 0 saturated carbocycles. The quantitative estimate of drug-likeness (QED) is 0.658. The smallest absolute Gasteiger partial charge is 0.0532 e. The number of hydrazine groups is 1. The van der Waals surface area contributed by atoms with Crippen LogP contribution in [0, 0.1) is 0 Å². The van der Waals surface area contributed by atoms with Crippen molar-refractivity contribution in [1.82, 2.24) is 5.01 Å². The summed E-state index contributed by atoms with van der Waals surface area (Å²) >= 11 is 0. The highest BCUT2D eigenvalue weighted by atomic mass is 15.6. The van der Waals surface area contributed by atoms with E-state index in [0.717, 1.165) is 6.42 Å². The molecule has 0 bridgehead atoms. The van der Waals surface area contributed by atoms with E-state index in [1.54, 1.807) is 0 Å². The fourth-order valence-corrected chi connectivity index (χ4v) is 4.68. The molecule has 2 aliphatic rings. The van der Waals surface area contributed by atoms with Crippen molar-refractivity contribution in [3.63, 3.8) is 0 Å². The molecule has 1 fully saturated rings. The van der Waals surface area contributed by atoms with Crippen molar-refractivity contribution in [2.24, 2.45) is 0 Å². The summed E-state index contributed by atoms with van der Waals surface area (Å²) in [4.78, 5) is 0. The highest BCUT2D eigenvalue weighted by Gasteiger charge is 2.42. The van der Waals surface area contributed by atoms with Crippen LogP contribution in [0.15, 0.2) is 42.5 Å². The van der Waals surface area contributed by atoms with Gasteiger partial charge in [-0.1, -0.05) is 36.4 Å². The van der Waals surface area contributed by atoms with Crippen LogP contribution in [0.1, 0.15) is 58.1 Å². The van der Waals surface area contributed by atoms with Crippen LogP contribution in [-0.2, 0) is 6.42 Å². The molecule has 0 radical (unpaired) electrons. The molecular weight excluding hydrogens is 292 g/mol. The molecule has 24 heavy (non-hydrogen) atoms. The van der Waals surface area contributed by atoms with Crippen molar-refractivity contribution < 1.29 is 0 Å². The Labute approximate surface area is 145 Å². The molecule has 1 saturated heterocycles. The van der Waals surface area contributed by atoms with E-state index in [-0.39, 0.29) is 11.1 Å². The summed E-state index contributed by atoms with van der Waals surface area (Å²) in [5.74, 6) is 0. The number of rotatable bonds is 2. The van der Waals surface area contributed by atoms with Crippen molar-refractivity contribution in [2.45, 2.75) is 64.5 Å². The average molecular weight is 320 g/mol. The van der Waals surface area contributed by atoms with E-state index in [9.17, 15) is 0 Å². The lowest BCUT2D eigenvalue weighted by atomic mass is 9.81. The molecule has 2 aromatic rings. The topological polar surface area (TPSA) is 15.3 Å². The Bertz CT molecular complexity index is 757. The second kappa shape index (κ2) is 5.35. The van der Waals surface area contributed by atoms with Crippen molar-refractivity contribution in [1.29, 1.82) is 0 Å². The third-order valence-electron chi connectivity index (χ3n) is 5.87. The number of benzene rings is 2. The summed E-state index contributed by atoms with van der Waals surface area (Å²) in [7, 11) is 0. The first-order valence-electron chi connectivity index (χ1n) is 9.16. The van der Waals surface area contributed by atoms with Crippen LogP contribution in [-0.4, -0.2) is 16.1 Å². The Morgan fingerprint density at radius 3 is 2.25 bits per heavy atom. The molecular formula is C22H28N2. The van der Waals surface area contributed by atoms with Crippen LogP contribution in [0.2, 0.25) is 0 Å². The van der Waals surface area contributed by atoms with E-state index < -0.39 is 0 Å². The van der Waals surface area contributed by atoms with Crippen LogP contribution in [0.4, 0.5) is 5.69 Å². The molecule has 0 unspecified atom stereocenters. The fraction of sp³-hybridized carbons (Fsp3) is 0.455. The lowest BCUT2D eigenvalue weighted by Crippen LogP contribution is -2.61. The maximum absolute atomic E-state index is 3.83. The van der Waals surface area contributed by atoms with Gasteiger partial charge in [0.1, 0.15) is 0 Å². The van der Waals surface area contributed by atoms with E-state index in [4.69, 9.17) is 0 Å². The maximum atomic E-state index is 3.83. The molecule has 2 nitrogen and oxygen atoms in total. The number of hydrogen-bond donors (Lipinski definition) is 1. The van der Waals surface area contributed by atoms with Gasteiger partial charge in [0.05, 0.1) is 5.69 Å².